The summed E-state index contributed by atoms with van der Waals surface area (Å²) in [5, 5.41) is 10.2. The van der Waals surface area contributed by atoms with Gasteiger partial charge in [0.25, 0.3) is 0 Å². The number of H-pyrrole nitrogens is 1. The summed E-state index contributed by atoms with van der Waals surface area (Å²) in [5.74, 6) is 2.11. The van der Waals surface area contributed by atoms with Crippen molar-refractivity contribution < 1.29 is 4.79 Å². The van der Waals surface area contributed by atoms with Gasteiger partial charge < -0.3 is 5.32 Å². The van der Waals surface area contributed by atoms with Crippen molar-refractivity contribution in [1.29, 1.82) is 0 Å². The molecule has 1 aromatic carbocycles. The Labute approximate surface area is 161 Å². The number of nitrogens with one attached hydrogen (secondary N) is 2. The topological polar surface area (TPSA) is 77.2 Å². The number of aromatic nitrogens is 3. The zero-order chi connectivity index (χ0) is 19.4. The van der Waals surface area contributed by atoms with Crippen molar-refractivity contribution in [2.24, 2.45) is 0 Å². The van der Waals surface area contributed by atoms with Crippen LogP contribution in [0.25, 0.3) is 0 Å². The van der Waals surface area contributed by atoms with Crippen LogP contribution in [0.1, 0.15) is 43.9 Å². The van der Waals surface area contributed by atoms with E-state index in [9.17, 15) is 4.79 Å². The van der Waals surface area contributed by atoms with Crippen molar-refractivity contribution in [3.05, 3.63) is 41.5 Å². The first kappa shape index (κ1) is 19.5. The molecule has 0 radical (unpaired) electrons. The van der Waals surface area contributed by atoms with Gasteiger partial charge in [-0.15, -0.1) is 0 Å². The van der Waals surface area contributed by atoms with Gasteiger partial charge >= 0.3 is 0 Å². The van der Waals surface area contributed by atoms with Gasteiger partial charge in [0.15, 0.2) is 5.82 Å². The number of hydrogen-bond donors (Lipinski definition) is 2. The van der Waals surface area contributed by atoms with E-state index in [1.807, 2.05) is 32.0 Å². The second kappa shape index (κ2) is 8.63. The number of carbonyl (C=O) groups is 1. The maximum atomic E-state index is 12.8. The molecule has 146 valence electrons. The molecule has 1 aliphatic heterocycles. The molecule has 1 saturated heterocycles. The van der Waals surface area contributed by atoms with Crippen LogP contribution in [0.15, 0.2) is 24.3 Å². The number of carbonyl (C=O) groups excluding carboxylic acids is 1. The van der Waals surface area contributed by atoms with Crippen molar-refractivity contribution >= 4 is 11.6 Å². The van der Waals surface area contributed by atoms with Crippen LogP contribution in [-0.4, -0.2) is 63.1 Å². The maximum Gasteiger partial charge on any atom is 0.241 e. The zero-order valence-corrected chi connectivity index (χ0v) is 16.7. The van der Waals surface area contributed by atoms with E-state index >= 15 is 0 Å². The van der Waals surface area contributed by atoms with E-state index in [2.05, 4.69) is 50.2 Å². The fraction of sp³-hybridized carbons (Fsp3) is 0.550. The highest BCUT2D eigenvalue weighted by atomic mass is 16.2. The molecule has 1 aromatic heterocycles. The molecule has 1 aliphatic rings. The minimum Gasteiger partial charge on any atom is -0.324 e. The summed E-state index contributed by atoms with van der Waals surface area (Å²) < 4.78 is 0. The quantitative estimate of drug-likeness (QED) is 0.816. The van der Waals surface area contributed by atoms with Gasteiger partial charge in [-0.3, -0.25) is 19.7 Å². The van der Waals surface area contributed by atoms with Gasteiger partial charge in [-0.2, -0.15) is 5.10 Å². The van der Waals surface area contributed by atoms with E-state index in [4.69, 9.17) is 0 Å². The lowest BCUT2D eigenvalue weighted by molar-refractivity contribution is -0.121. The number of rotatable bonds is 6. The molecule has 3 rings (SSSR count). The van der Waals surface area contributed by atoms with Crippen LogP contribution in [0.5, 0.6) is 0 Å². The van der Waals surface area contributed by atoms with E-state index in [0.29, 0.717) is 5.92 Å². The van der Waals surface area contributed by atoms with E-state index in [-0.39, 0.29) is 11.9 Å². The average Bonchev–Trinajstić information content (AvgIpc) is 3.06. The van der Waals surface area contributed by atoms with Crippen LogP contribution in [0, 0.1) is 6.92 Å². The Kier molecular flexibility index (Phi) is 6.23. The van der Waals surface area contributed by atoms with Gasteiger partial charge in [0, 0.05) is 31.9 Å². The number of aryl methyl sites for hydroxylation is 1. The first-order chi connectivity index (χ1) is 12.9. The van der Waals surface area contributed by atoms with Crippen molar-refractivity contribution in [3.8, 4) is 0 Å². The van der Waals surface area contributed by atoms with Crippen molar-refractivity contribution in [1.82, 2.24) is 25.0 Å². The highest BCUT2D eigenvalue weighted by Crippen LogP contribution is 2.24. The second-order valence-electron chi connectivity index (χ2n) is 7.56. The molecule has 7 heteroatoms. The van der Waals surface area contributed by atoms with E-state index < -0.39 is 0 Å². The minimum absolute atomic E-state index is 0.0566. The van der Waals surface area contributed by atoms with Gasteiger partial charge in [0.1, 0.15) is 5.82 Å². The lowest BCUT2D eigenvalue weighted by Gasteiger charge is -2.37. The summed E-state index contributed by atoms with van der Waals surface area (Å²) in [6.45, 7) is 12.5. The molecule has 1 atom stereocenters. The van der Waals surface area contributed by atoms with E-state index in [1.54, 1.807) is 0 Å². The fourth-order valence-corrected chi connectivity index (χ4v) is 3.49. The van der Waals surface area contributed by atoms with Gasteiger partial charge in [-0.25, -0.2) is 4.98 Å². The van der Waals surface area contributed by atoms with Crippen molar-refractivity contribution in [2.45, 2.75) is 46.2 Å². The fourth-order valence-electron chi connectivity index (χ4n) is 3.49. The highest BCUT2D eigenvalue weighted by Gasteiger charge is 2.26. The summed E-state index contributed by atoms with van der Waals surface area (Å²) in [7, 11) is 0. The van der Waals surface area contributed by atoms with Crippen LogP contribution in [-0.2, 0) is 11.3 Å². The predicted molar refractivity (Wildman–Crippen MR) is 107 cm³/mol. The van der Waals surface area contributed by atoms with Gasteiger partial charge in [-0.05, 0) is 31.4 Å². The number of hydrogen-bond acceptors (Lipinski definition) is 5. The third-order valence-electron chi connectivity index (χ3n) is 5.18. The van der Waals surface area contributed by atoms with Crippen LogP contribution in [0.2, 0.25) is 0 Å². The third kappa shape index (κ3) is 4.93. The van der Waals surface area contributed by atoms with Crippen LogP contribution < -0.4 is 5.32 Å². The normalized spacial score (nSPS) is 17.2. The average molecular weight is 371 g/mol. The molecule has 2 aromatic rings. The van der Waals surface area contributed by atoms with E-state index in [0.717, 1.165) is 50.1 Å². The monoisotopic (exact) mass is 370 g/mol. The Hall–Kier alpha value is -2.25. The standard InChI is InChI=1S/C20H30N6O/c1-14(2)17-7-5-6-8-18(17)22-20(27)15(3)26-11-9-25(10-12-26)13-19-21-16(4)23-24-19/h5-8,14-15H,9-13H2,1-4H3,(H,22,27)(H,21,23,24). The molecule has 7 nitrogen and oxygen atoms in total. The predicted octanol–water partition coefficient (Wildman–Crippen LogP) is 2.38. The summed E-state index contributed by atoms with van der Waals surface area (Å²) in [6.07, 6.45) is 0. The number of nitrogens with zero attached hydrogens (tertiary/aromatic N) is 4. The Morgan fingerprint density at radius 3 is 2.52 bits per heavy atom. The van der Waals surface area contributed by atoms with E-state index in [1.165, 1.54) is 5.56 Å². The Morgan fingerprint density at radius 1 is 1.19 bits per heavy atom. The van der Waals surface area contributed by atoms with Crippen LogP contribution in [0.4, 0.5) is 5.69 Å². The SMILES string of the molecule is Cc1nc(CN2CCN(C(C)C(=O)Nc3ccccc3C(C)C)CC2)n[nH]1. The maximum absolute atomic E-state index is 12.8. The number of anilines is 1. The van der Waals surface area contributed by atoms with Gasteiger partial charge in [0.2, 0.25) is 5.91 Å². The Balaban J connectivity index is 1.53. The number of piperazine rings is 1. The number of para-hydroxylation sites is 1. The van der Waals surface area contributed by atoms with Gasteiger partial charge in [-0.1, -0.05) is 32.0 Å². The molecule has 0 aliphatic carbocycles. The Bertz CT molecular complexity index is 763. The first-order valence-corrected chi connectivity index (χ1v) is 9.68. The lowest BCUT2D eigenvalue weighted by atomic mass is 10.0. The summed E-state index contributed by atoms with van der Waals surface area (Å²) in [6, 6.07) is 7.89. The minimum atomic E-state index is -0.155. The van der Waals surface area contributed by atoms with Crippen LogP contribution >= 0.6 is 0 Å². The van der Waals surface area contributed by atoms with Gasteiger partial charge in [0.05, 0.1) is 12.6 Å². The zero-order valence-electron chi connectivity index (χ0n) is 16.7. The molecule has 1 unspecified atom stereocenters. The third-order valence-corrected chi connectivity index (χ3v) is 5.18. The largest absolute Gasteiger partial charge is 0.324 e. The van der Waals surface area contributed by atoms with Crippen molar-refractivity contribution in [2.75, 3.05) is 31.5 Å². The first-order valence-electron chi connectivity index (χ1n) is 9.68. The lowest BCUT2D eigenvalue weighted by Crippen LogP contribution is -2.52. The summed E-state index contributed by atoms with van der Waals surface area (Å²) in [5.41, 5.74) is 2.09. The van der Waals surface area contributed by atoms with Crippen molar-refractivity contribution in [3.63, 3.8) is 0 Å². The molecule has 2 N–H and O–H groups in total. The molecule has 0 bridgehead atoms. The molecule has 1 amide bonds. The highest BCUT2D eigenvalue weighted by molar-refractivity contribution is 5.95. The molecule has 27 heavy (non-hydrogen) atoms. The number of benzene rings is 1. The Morgan fingerprint density at radius 2 is 1.89 bits per heavy atom. The number of amides is 1. The molecule has 0 spiro atoms. The molecule has 1 fully saturated rings. The smallest absolute Gasteiger partial charge is 0.241 e. The molecule has 2 heterocycles. The molecule has 0 saturated carbocycles. The molecular weight excluding hydrogens is 340 g/mol. The second-order valence-corrected chi connectivity index (χ2v) is 7.56. The summed E-state index contributed by atoms with van der Waals surface area (Å²) in [4.78, 5) is 21.7. The summed E-state index contributed by atoms with van der Waals surface area (Å²) >= 11 is 0. The molecular formula is C20H30N6O. The van der Waals surface area contributed by atoms with Crippen LogP contribution in [0.3, 0.4) is 0 Å². The number of aromatic amines is 1.